The van der Waals surface area contributed by atoms with Crippen molar-refractivity contribution >= 4 is 15.9 Å². The number of fused-ring (bicyclic) bond motifs is 2. The number of pyridine rings is 2. The van der Waals surface area contributed by atoms with Gasteiger partial charge in [0.2, 0.25) is 0 Å². The molecule has 0 fully saturated rings. The molecule has 264 valence electrons. The Morgan fingerprint density at radius 2 is 1.16 bits per heavy atom. The Hall–Kier alpha value is -3.18. The zero-order valence-electron chi connectivity index (χ0n) is 30.5. The molecule has 2 nitrogen and oxygen atoms in total. The van der Waals surface area contributed by atoms with E-state index < -0.39 is 0 Å². The molecular weight excluding hydrogens is 740 g/mol. The van der Waals surface area contributed by atoms with E-state index in [0.717, 1.165) is 35.8 Å². The lowest BCUT2D eigenvalue weighted by molar-refractivity contribution is -0.696. The second-order valence-electron chi connectivity index (χ2n) is 13.2. The molecule has 2 aliphatic carbocycles. The lowest BCUT2D eigenvalue weighted by Crippen LogP contribution is -3.00. The highest BCUT2D eigenvalue weighted by Crippen LogP contribution is 2.20. The number of alkyl halides is 1. The van der Waals surface area contributed by atoms with Gasteiger partial charge in [-0.25, -0.2) is 4.57 Å². The largest absolute Gasteiger partial charge is 1.00 e. The summed E-state index contributed by atoms with van der Waals surface area (Å²) in [6.07, 6.45) is 28.1. The first-order valence-corrected chi connectivity index (χ1v) is 19.9. The summed E-state index contributed by atoms with van der Waals surface area (Å²) in [7, 11) is 0. The highest BCUT2D eigenvalue weighted by Gasteiger charge is 2.13. The first kappa shape index (κ1) is 41.2. The van der Waals surface area contributed by atoms with E-state index in [2.05, 4.69) is 136 Å². The van der Waals surface area contributed by atoms with E-state index in [9.17, 15) is 0 Å². The molecule has 0 amide bonds. The van der Waals surface area contributed by atoms with Gasteiger partial charge in [-0.05, 0) is 135 Å². The van der Waals surface area contributed by atoms with Gasteiger partial charge in [0.15, 0.2) is 18.9 Å². The van der Waals surface area contributed by atoms with Crippen LogP contribution < -0.4 is 21.5 Å². The molecule has 0 spiro atoms. The Labute approximate surface area is 322 Å². The molecule has 0 aliphatic heterocycles. The minimum atomic E-state index is 0. The van der Waals surface area contributed by atoms with Crippen molar-refractivity contribution in [3.05, 3.63) is 130 Å². The van der Waals surface area contributed by atoms with Crippen molar-refractivity contribution in [3.8, 4) is 23.7 Å². The molecule has 2 heterocycles. The van der Waals surface area contributed by atoms with E-state index >= 15 is 0 Å². The van der Waals surface area contributed by atoms with E-state index in [1.54, 1.807) is 11.1 Å². The van der Waals surface area contributed by atoms with Gasteiger partial charge >= 0.3 is 0 Å². The standard InChI is InChI=1S/C23H28N.C14H17Br.C9H11N.BrH/c1-2-3-8-20-12-14-21(15-13-20)9-6-7-17-24-18-16-22-10-4-5-11-23(22)19-24;1-2-3-6-13-8-10-14(11-9-13)7-4-5-12-15;1-2-4-9-7-10-6-5-8(9)3-1;/h12-16,18-19H,2-5,7-8,10-11,17H2,1H3;8-11H,2-3,5-6,12H2,1H3;5-7H,1-4H2;1H/q+1;;;/p-1. The van der Waals surface area contributed by atoms with Crippen molar-refractivity contribution in [1.82, 2.24) is 4.98 Å². The maximum absolute atomic E-state index is 4.10. The fraction of sp³-hybridized carbons (Fsp3) is 0.435. The van der Waals surface area contributed by atoms with Gasteiger partial charge in [0.1, 0.15) is 0 Å². The van der Waals surface area contributed by atoms with Gasteiger partial charge in [-0.3, -0.25) is 4.98 Å². The summed E-state index contributed by atoms with van der Waals surface area (Å²) in [5.74, 6) is 12.9. The molecule has 0 saturated heterocycles. The lowest BCUT2D eigenvalue weighted by Gasteiger charge is -2.13. The average molecular weight is 797 g/mol. The number of benzene rings is 2. The second kappa shape index (κ2) is 24.9. The number of unbranched alkanes of at least 4 members (excludes halogenated alkanes) is 2. The molecule has 2 aromatic heterocycles. The van der Waals surface area contributed by atoms with E-state index in [0.29, 0.717) is 0 Å². The topological polar surface area (TPSA) is 16.8 Å². The Morgan fingerprint density at radius 1 is 0.640 bits per heavy atom. The van der Waals surface area contributed by atoms with Crippen LogP contribution in [0.25, 0.3) is 0 Å². The molecule has 0 bridgehead atoms. The average Bonchev–Trinajstić information content (AvgIpc) is 3.16. The number of aromatic nitrogens is 2. The molecule has 2 aromatic carbocycles. The smallest absolute Gasteiger partial charge is 0.172 e. The minimum absolute atomic E-state index is 0. The molecule has 0 N–H and O–H groups in total. The van der Waals surface area contributed by atoms with Gasteiger partial charge < -0.3 is 17.0 Å². The number of hydrogen-bond donors (Lipinski definition) is 0. The maximum atomic E-state index is 4.10. The van der Waals surface area contributed by atoms with Crippen LogP contribution in [0.4, 0.5) is 0 Å². The van der Waals surface area contributed by atoms with Crippen LogP contribution in [0.5, 0.6) is 0 Å². The summed E-state index contributed by atoms with van der Waals surface area (Å²) < 4.78 is 2.30. The third-order valence-corrected chi connectivity index (χ3v) is 9.61. The van der Waals surface area contributed by atoms with Crippen LogP contribution in [0.1, 0.15) is 123 Å². The maximum Gasteiger partial charge on any atom is 0.172 e. The van der Waals surface area contributed by atoms with Gasteiger partial charge in [-0.1, -0.05) is 90.6 Å². The number of hydrogen-bond acceptors (Lipinski definition) is 1. The van der Waals surface area contributed by atoms with Crippen molar-refractivity contribution in [3.63, 3.8) is 0 Å². The highest BCUT2D eigenvalue weighted by atomic mass is 79.9. The van der Waals surface area contributed by atoms with Gasteiger partial charge in [-0.2, -0.15) is 0 Å². The fourth-order valence-corrected chi connectivity index (χ4v) is 6.44. The summed E-state index contributed by atoms with van der Waals surface area (Å²) in [4.78, 5) is 4.10. The van der Waals surface area contributed by atoms with Crippen LogP contribution in [-0.2, 0) is 45.1 Å². The van der Waals surface area contributed by atoms with Crippen LogP contribution in [-0.4, -0.2) is 10.3 Å². The van der Waals surface area contributed by atoms with Gasteiger partial charge in [0.25, 0.3) is 0 Å². The Bertz CT molecular complexity index is 1630. The molecular formula is C46H56Br2N2. The van der Waals surface area contributed by atoms with Crippen LogP contribution in [0.15, 0.2) is 85.5 Å². The Morgan fingerprint density at radius 3 is 1.70 bits per heavy atom. The van der Waals surface area contributed by atoms with Crippen LogP contribution in [0.3, 0.4) is 0 Å². The minimum Gasteiger partial charge on any atom is -1.00 e. The van der Waals surface area contributed by atoms with E-state index in [-0.39, 0.29) is 17.0 Å². The molecule has 0 saturated carbocycles. The molecule has 2 aliphatic rings. The van der Waals surface area contributed by atoms with Crippen molar-refractivity contribution < 1.29 is 21.5 Å². The van der Waals surface area contributed by atoms with Crippen molar-refractivity contribution in [2.75, 3.05) is 5.33 Å². The van der Waals surface area contributed by atoms with E-state index in [4.69, 9.17) is 0 Å². The van der Waals surface area contributed by atoms with Crippen molar-refractivity contribution in [1.29, 1.82) is 0 Å². The monoisotopic (exact) mass is 794 g/mol. The first-order chi connectivity index (χ1) is 24.2. The lowest BCUT2D eigenvalue weighted by atomic mass is 9.93. The molecule has 4 aromatic rings. The van der Waals surface area contributed by atoms with Crippen LogP contribution in [0.2, 0.25) is 0 Å². The molecule has 0 atom stereocenters. The van der Waals surface area contributed by atoms with Gasteiger partial charge in [-0.15, -0.1) is 0 Å². The molecule has 4 heteroatoms. The number of halogens is 2. The molecule has 50 heavy (non-hydrogen) atoms. The number of nitrogens with zero attached hydrogens (tertiary/aromatic N) is 2. The Kier molecular flexibility index (Phi) is 20.5. The summed E-state index contributed by atoms with van der Waals surface area (Å²) in [6, 6.07) is 21.8. The van der Waals surface area contributed by atoms with Crippen molar-refractivity contribution in [2.45, 2.75) is 123 Å². The van der Waals surface area contributed by atoms with Crippen LogP contribution >= 0.6 is 15.9 Å². The van der Waals surface area contributed by atoms with Gasteiger partial charge in [0, 0.05) is 46.9 Å². The van der Waals surface area contributed by atoms with Crippen LogP contribution in [0, 0.1) is 23.7 Å². The predicted molar refractivity (Wildman–Crippen MR) is 211 cm³/mol. The second-order valence-corrected chi connectivity index (χ2v) is 14.0. The third kappa shape index (κ3) is 15.4. The predicted octanol–water partition coefficient (Wildman–Crippen LogP) is 7.77. The number of aryl methyl sites for hydroxylation is 7. The highest BCUT2D eigenvalue weighted by molar-refractivity contribution is 9.09. The normalized spacial score (nSPS) is 12.4. The fourth-order valence-electron chi connectivity index (χ4n) is 6.25. The zero-order chi connectivity index (χ0) is 34.4. The molecule has 0 unspecified atom stereocenters. The summed E-state index contributed by atoms with van der Waals surface area (Å²) in [5, 5.41) is 0.953. The van der Waals surface area contributed by atoms with Crippen molar-refractivity contribution in [2.24, 2.45) is 0 Å². The summed E-state index contributed by atoms with van der Waals surface area (Å²) in [5.41, 5.74) is 11.2. The number of rotatable bonds is 9. The van der Waals surface area contributed by atoms with E-state index in [1.165, 1.54) is 112 Å². The molecule has 6 rings (SSSR count). The third-order valence-electron chi connectivity index (χ3n) is 9.22. The van der Waals surface area contributed by atoms with Gasteiger partial charge in [0.05, 0.1) is 6.42 Å². The summed E-state index contributed by atoms with van der Waals surface area (Å²) >= 11 is 3.36. The summed E-state index contributed by atoms with van der Waals surface area (Å²) in [6.45, 7) is 5.44. The molecule has 0 radical (unpaired) electrons. The first-order valence-electron chi connectivity index (χ1n) is 18.8. The quantitative estimate of drug-likeness (QED) is 0.0962. The Balaban J connectivity index is 0.000000221. The SMILES string of the molecule is CCCCc1ccc(C#CCCBr)cc1.CCCCc1ccc(C#CCC[n+]2ccc3c(c2)CCCC3)cc1.[Br-].c1cc2c(cn1)CCCC2. The zero-order valence-corrected chi connectivity index (χ0v) is 33.6. The van der Waals surface area contributed by atoms with E-state index in [1.807, 2.05) is 12.4 Å².